The van der Waals surface area contributed by atoms with Gasteiger partial charge >= 0.3 is 0 Å². The average Bonchev–Trinajstić information content (AvgIpc) is 2.31. The molecule has 1 aromatic carbocycles. The monoisotopic (exact) mass is 233 g/mol. The Morgan fingerprint density at radius 1 is 1.38 bits per heavy atom. The van der Waals surface area contributed by atoms with E-state index in [4.69, 9.17) is 0 Å². The first-order valence-corrected chi connectivity index (χ1v) is 4.39. The Balaban J connectivity index is 3.29. The molecule has 88 valence electrons. The number of alkyl halides is 2. The van der Waals surface area contributed by atoms with Crippen LogP contribution >= 0.6 is 0 Å². The highest BCUT2D eigenvalue weighted by Crippen LogP contribution is 2.32. The van der Waals surface area contributed by atoms with Crippen LogP contribution in [0.5, 0.6) is 0 Å². The van der Waals surface area contributed by atoms with E-state index in [0.717, 1.165) is 7.11 Å². The van der Waals surface area contributed by atoms with Gasteiger partial charge in [0.25, 0.3) is 12.3 Å². The van der Waals surface area contributed by atoms with Crippen LogP contribution in [-0.2, 0) is 15.1 Å². The van der Waals surface area contributed by atoms with Crippen LogP contribution in [0, 0.1) is 0 Å². The largest absolute Gasteiger partial charge is 0.359 e. The number of carbonyl (C=O) groups is 1. The molecule has 0 aliphatic rings. The van der Waals surface area contributed by atoms with E-state index in [1.807, 2.05) is 0 Å². The maximum atomic E-state index is 12.9. The number of ether oxygens (including phenoxy) is 1. The van der Waals surface area contributed by atoms with Gasteiger partial charge in [0, 0.05) is 7.11 Å². The summed E-state index contributed by atoms with van der Waals surface area (Å²) in [5.74, 6) is -1.53. The van der Waals surface area contributed by atoms with E-state index in [1.165, 1.54) is 24.3 Å². The van der Waals surface area contributed by atoms with Crippen LogP contribution < -0.4 is 5.54 Å². The number of carbonyl (C=O) groups excluding carboxylic acids is 1. The van der Waals surface area contributed by atoms with Gasteiger partial charge < -0.3 is 4.74 Å². The van der Waals surface area contributed by atoms with Crippen molar-refractivity contribution in [2.45, 2.75) is 12.0 Å². The van der Waals surface area contributed by atoms with Crippen molar-refractivity contribution in [3.63, 3.8) is 0 Å². The molecule has 1 amide bonds. The summed E-state index contributed by atoms with van der Waals surface area (Å²) in [7, 11) is 0.925. The highest BCUT2D eigenvalue weighted by atomic mass is 19.3. The Bertz CT molecular complexity index is 358. The molecule has 1 rings (SSSR count). The van der Waals surface area contributed by atoms with Gasteiger partial charge in [-0.05, 0) is 5.56 Å². The molecule has 0 saturated carbocycles. The van der Waals surface area contributed by atoms with Gasteiger partial charge in [0.05, 0.1) is 0 Å². The highest BCUT2D eigenvalue weighted by molar-refractivity contribution is 5.86. The molecular weight excluding hydrogens is 223 g/mol. The summed E-state index contributed by atoms with van der Waals surface area (Å²) >= 11 is 0. The van der Waals surface area contributed by atoms with E-state index in [-0.39, 0.29) is 5.56 Å². The normalized spacial score (nSPS) is 14.6. The number of hydrogen-bond donors (Lipinski definition) is 1. The molecule has 0 fully saturated rings. The second kappa shape index (κ2) is 4.98. The van der Waals surface area contributed by atoms with Crippen molar-refractivity contribution in [2.75, 3.05) is 7.11 Å². The van der Waals surface area contributed by atoms with Crippen molar-refractivity contribution in [3.8, 4) is 0 Å². The molecule has 6 heteroatoms. The van der Waals surface area contributed by atoms with Crippen molar-refractivity contribution < 1.29 is 22.8 Å². The minimum Gasteiger partial charge on any atom is -0.359 e. The molecule has 1 N–H and O–H groups in total. The fraction of sp³-hybridized carbons (Fsp3) is 0.300. The standard InChI is InChI=1S/C10H10F3NO2/c1-16-10(8(11)12,9(15)14-13)7-5-3-2-4-6-7/h2-6,8H,1H3,(H,14,15). The fourth-order valence-corrected chi connectivity index (χ4v) is 1.41. The number of nitrogens with one attached hydrogen (secondary N) is 1. The summed E-state index contributed by atoms with van der Waals surface area (Å²) in [4.78, 5) is 11.2. The van der Waals surface area contributed by atoms with Crippen LogP contribution in [-0.4, -0.2) is 19.4 Å². The molecule has 0 saturated heterocycles. The van der Waals surface area contributed by atoms with E-state index in [2.05, 4.69) is 4.74 Å². The zero-order valence-electron chi connectivity index (χ0n) is 8.41. The molecule has 0 heterocycles. The Kier molecular flexibility index (Phi) is 3.89. The Morgan fingerprint density at radius 3 is 2.31 bits per heavy atom. The zero-order valence-corrected chi connectivity index (χ0v) is 8.41. The summed E-state index contributed by atoms with van der Waals surface area (Å²) in [6.45, 7) is 0. The minimum absolute atomic E-state index is 0.109. The summed E-state index contributed by atoms with van der Waals surface area (Å²) in [5.41, 5.74) is -2.03. The lowest BCUT2D eigenvalue weighted by molar-refractivity contribution is -0.172. The van der Waals surface area contributed by atoms with E-state index in [1.54, 1.807) is 6.07 Å². The summed E-state index contributed by atoms with van der Waals surface area (Å²) < 4.78 is 42.5. The number of amides is 1. The third kappa shape index (κ3) is 1.88. The van der Waals surface area contributed by atoms with Crippen LogP contribution in [0.2, 0.25) is 0 Å². The fourth-order valence-electron chi connectivity index (χ4n) is 1.41. The van der Waals surface area contributed by atoms with Crippen molar-refractivity contribution in [1.29, 1.82) is 0 Å². The van der Waals surface area contributed by atoms with E-state index in [0.29, 0.717) is 5.54 Å². The molecule has 1 atom stereocenters. The number of hydrogen-bond acceptors (Lipinski definition) is 2. The van der Waals surface area contributed by atoms with Crippen LogP contribution in [0.25, 0.3) is 0 Å². The van der Waals surface area contributed by atoms with Gasteiger partial charge in [-0.2, -0.15) is 5.54 Å². The second-order valence-electron chi connectivity index (χ2n) is 3.03. The first-order chi connectivity index (χ1) is 7.59. The van der Waals surface area contributed by atoms with Crippen LogP contribution in [0.4, 0.5) is 13.3 Å². The van der Waals surface area contributed by atoms with Gasteiger partial charge in [-0.3, -0.25) is 4.79 Å². The molecule has 0 spiro atoms. The maximum Gasteiger partial charge on any atom is 0.290 e. The van der Waals surface area contributed by atoms with Crippen LogP contribution in [0.1, 0.15) is 5.56 Å². The van der Waals surface area contributed by atoms with Gasteiger partial charge in [0.1, 0.15) is 0 Å². The van der Waals surface area contributed by atoms with Crippen molar-refractivity contribution in [3.05, 3.63) is 35.9 Å². The van der Waals surface area contributed by atoms with E-state index < -0.39 is 17.9 Å². The molecular formula is C10H10F3NO2. The third-order valence-electron chi connectivity index (χ3n) is 2.26. The summed E-state index contributed by atoms with van der Waals surface area (Å²) in [6, 6.07) is 7.03. The first-order valence-electron chi connectivity index (χ1n) is 4.39. The van der Waals surface area contributed by atoms with Gasteiger partial charge in [-0.1, -0.05) is 30.3 Å². The van der Waals surface area contributed by atoms with Crippen molar-refractivity contribution >= 4 is 5.91 Å². The predicted molar refractivity (Wildman–Crippen MR) is 50.4 cm³/mol. The number of benzene rings is 1. The molecule has 3 nitrogen and oxygen atoms in total. The molecule has 0 aromatic heterocycles. The molecule has 0 radical (unpaired) electrons. The van der Waals surface area contributed by atoms with Crippen molar-refractivity contribution in [1.82, 2.24) is 5.54 Å². The minimum atomic E-state index is -3.18. The van der Waals surface area contributed by atoms with Gasteiger partial charge in [0.15, 0.2) is 0 Å². The molecule has 0 aliphatic carbocycles. The van der Waals surface area contributed by atoms with Crippen LogP contribution in [0.15, 0.2) is 30.3 Å². The zero-order chi connectivity index (χ0) is 12.2. The number of rotatable bonds is 4. The maximum absolute atomic E-state index is 12.9. The molecule has 1 aromatic rings. The topological polar surface area (TPSA) is 38.3 Å². The van der Waals surface area contributed by atoms with Gasteiger partial charge in [-0.15, -0.1) is 4.48 Å². The smallest absolute Gasteiger partial charge is 0.290 e. The van der Waals surface area contributed by atoms with E-state index in [9.17, 15) is 18.1 Å². The Hall–Kier alpha value is -1.56. The SMILES string of the molecule is COC(C(=O)NF)(c1ccccc1)C(F)F. The highest BCUT2D eigenvalue weighted by Gasteiger charge is 2.49. The summed E-state index contributed by atoms with van der Waals surface area (Å²) in [5, 5.41) is 0. The lowest BCUT2D eigenvalue weighted by Crippen LogP contribution is -2.49. The summed E-state index contributed by atoms with van der Waals surface area (Å²) in [6.07, 6.45) is -3.18. The lowest BCUT2D eigenvalue weighted by atomic mass is 9.93. The predicted octanol–water partition coefficient (Wildman–Crippen LogP) is 1.79. The lowest BCUT2D eigenvalue weighted by Gasteiger charge is -2.28. The van der Waals surface area contributed by atoms with E-state index >= 15 is 0 Å². The van der Waals surface area contributed by atoms with Gasteiger partial charge in [-0.25, -0.2) is 8.78 Å². The van der Waals surface area contributed by atoms with Gasteiger partial charge in [0.2, 0.25) is 5.60 Å². The number of halogens is 3. The molecule has 16 heavy (non-hydrogen) atoms. The molecule has 0 bridgehead atoms. The molecule has 0 aliphatic heterocycles. The third-order valence-corrected chi connectivity index (χ3v) is 2.26. The number of methoxy groups -OCH3 is 1. The second-order valence-corrected chi connectivity index (χ2v) is 3.03. The Labute approximate surface area is 90.1 Å². The Morgan fingerprint density at radius 2 is 1.94 bits per heavy atom. The van der Waals surface area contributed by atoms with Crippen LogP contribution in [0.3, 0.4) is 0 Å². The average molecular weight is 233 g/mol. The first kappa shape index (κ1) is 12.5. The molecule has 1 unspecified atom stereocenters. The van der Waals surface area contributed by atoms with Crippen molar-refractivity contribution in [2.24, 2.45) is 0 Å². The quantitative estimate of drug-likeness (QED) is 0.805.